The van der Waals surface area contributed by atoms with Gasteiger partial charge in [-0.3, -0.25) is 0 Å². The lowest BCUT2D eigenvalue weighted by atomic mass is 10.1. The Bertz CT molecular complexity index is 932. The minimum Gasteiger partial charge on any atom is -0.489 e. The van der Waals surface area contributed by atoms with E-state index in [4.69, 9.17) is 32.4 Å². The Morgan fingerprint density at radius 3 is 2.62 bits per heavy atom. The first kappa shape index (κ1) is 16.9. The Hall–Kier alpha value is -1.97. The van der Waals surface area contributed by atoms with Crippen LogP contribution in [0.3, 0.4) is 0 Å². The third-order valence-electron chi connectivity index (χ3n) is 3.71. The number of rotatable bonds is 5. The summed E-state index contributed by atoms with van der Waals surface area (Å²) in [5, 5.41) is 1.95. The maximum absolute atomic E-state index is 11.7. The van der Waals surface area contributed by atoms with Crippen molar-refractivity contribution < 1.29 is 9.15 Å². The Balaban J connectivity index is 1.85. The summed E-state index contributed by atoms with van der Waals surface area (Å²) in [4.78, 5) is 11.7. The van der Waals surface area contributed by atoms with Gasteiger partial charge in [-0.1, -0.05) is 42.6 Å². The average Bonchev–Trinajstić information content (AvgIpc) is 2.56. The van der Waals surface area contributed by atoms with E-state index in [1.165, 1.54) is 0 Å². The molecule has 0 spiro atoms. The number of aryl methyl sites for hydroxylation is 1. The second-order valence-electron chi connectivity index (χ2n) is 5.54. The minimum absolute atomic E-state index is 0.340. The lowest BCUT2D eigenvalue weighted by Gasteiger charge is -2.09. The van der Waals surface area contributed by atoms with Gasteiger partial charge >= 0.3 is 5.63 Å². The van der Waals surface area contributed by atoms with E-state index < -0.39 is 0 Å². The largest absolute Gasteiger partial charge is 0.489 e. The maximum Gasteiger partial charge on any atom is 0.336 e. The first-order chi connectivity index (χ1) is 11.6. The summed E-state index contributed by atoms with van der Waals surface area (Å²) in [5.41, 5.74) is 2.11. The predicted octanol–water partition coefficient (Wildman–Crippen LogP) is 5.63. The van der Waals surface area contributed by atoms with Crippen molar-refractivity contribution in [3.05, 3.63) is 74.1 Å². The molecule has 5 heteroatoms. The van der Waals surface area contributed by atoms with Crippen LogP contribution < -0.4 is 10.4 Å². The molecule has 1 heterocycles. The van der Waals surface area contributed by atoms with Gasteiger partial charge in [0, 0.05) is 17.5 Å². The highest BCUT2D eigenvalue weighted by molar-refractivity contribution is 6.42. The zero-order valence-corrected chi connectivity index (χ0v) is 14.7. The zero-order chi connectivity index (χ0) is 17.1. The van der Waals surface area contributed by atoms with Crippen molar-refractivity contribution in [2.75, 3.05) is 0 Å². The molecule has 124 valence electrons. The molecule has 3 aromatic rings. The number of ether oxygens (including phenoxy) is 1. The predicted molar refractivity (Wildman–Crippen MR) is 97.3 cm³/mol. The van der Waals surface area contributed by atoms with Crippen LogP contribution in [0.1, 0.15) is 24.5 Å². The summed E-state index contributed by atoms with van der Waals surface area (Å²) in [6.07, 6.45) is 1.81. The SMILES string of the molecule is CCCc1cc(=O)oc2cc(OCc3ccc(Cl)c(Cl)c3)ccc12. The van der Waals surface area contributed by atoms with Crippen LogP contribution >= 0.6 is 23.2 Å². The van der Waals surface area contributed by atoms with Crippen molar-refractivity contribution >= 4 is 34.2 Å². The van der Waals surface area contributed by atoms with Crippen LogP contribution in [-0.4, -0.2) is 0 Å². The molecule has 3 rings (SSSR count). The van der Waals surface area contributed by atoms with Gasteiger partial charge in [-0.25, -0.2) is 4.79 Å². The Labute approximate surface area is 149 Å². The zero-order valence-electron chi connectivity index (χ0n) is 13.1. The molecule has 2 aromatic carbocycles. The molecule has 0 saturated heterocycles. The van der Waals surface area contributed by atoms with Crippen molar-refractivity contribution in [1.29, 1.82) is 0 Å². The molecule has 0 saturated carbocycles. The molecule has 24 heavy (non-hydrogen) atoms. The molecule has 0 aliphatic heterocycles. The molecule has 0 atom stereocenters. The average molecular weight is 363 g/mol. The summed E-state index contributed by atoms with van der Waals surface area (Å²) in [7, 11) is 0. The van der Waals surface area contributed by atoms with Crippen LogP contribution in [0.5, 0.6) is 5.75 Å². The molecular formula is C19H16Cl2O3. The first-order valence-corrected chi connectivity index (χ1v) is 8.46. The van der Waals surface area contributed by atoms with Crippen LogP contribution in [0.2, 0.25) is 10.0 Å². The molecule has 0 radical (unpaired) electrons. The second kappa shape index (κ2) is 7.29. The molecule has 3 nitrogen and oxygen atoms in total. The molecule has 0 bridgehead atoms. The number of hydrogen-bond acceptors (Lipinski definition) is 3. The van der Waals surface area contributed by atoms with Crippen LogP contribution in [0, 0.1) is 0 Å². The maximum atomic E-state index is 11.7. The third kappa shape index (κ3) is 3.74. The van der Waals surface area contributed by atoms with E-state index in [9.17, 15) is 4.79 Å². The highest BCUT2D eigenvalue weighted by Crippen LogP contribution is 2.26. The van der Waals surface area contributed by atoms with E-state index in [0.29, 0.717) is 28.0 Å². The third-order valence-corrected chi connectivity index (χ3v) is 4.45. The van der Waals surface area contributed by atoms with Crippen LogP contribution in [0.4, 0.5) is 0 Å². The molecule has 0 aliphatic rings. The smallest absolute Gasteiger partial charge is 0.336 e. The lowest BCUT2D eigenvalue weighted by Crippen LogP contribution is -2.01. The van der Waals surface area contributed by atoms with Gasteiger partial charge in [0.25, 0.3) is 0 Å². The van der Waals surface area contributed by atoms with Gasteiger partial charge in [0.15, 0.2) is 0 Å². The molecule has 0 amide bonds. The van der Waals surface area contributed by atoms with Crippen LogP contribution in [0.15, 0.2) is 51.7 Å². The van der Waals surface area contributed by atoms with Crippen molar-refractivity contribution in [1.82, 2.24) is 0 Å². The van der Waals surface area contributed by atoms with E-state index >= 15 is 0 Å². The van der Waals surface area contributed by atoms with Crippen molar-refractivity contribution in [2.24, 2.45) is 0 Å². The van der Waals surface area contributed by atoms with E-state index in [-0.39, 0.29) is 5.63 Å². The van der Waals surface area contributed by atoms with Crippen molar-refractivity contribution in [2.45, 2.75) is 26.4 Å². The van der Waals surface area contributed by atoms with Crippen LogP contribution in [-0.2, 0) is 13.0 Å². The fraction of sp³-hybridized carbons (Fsp3) is 0.211. The minimum atomic E-state index is -0.340. The topological polar surface area (TPSA) is 39.4 Å². The number of hydrogen-bond donors (Lipinski definition) is 0. The number of benzene rings is 2. The summed E-state index contributed by atoms with van der Waals surface area (Å²) >= 11 is 11.9. The second-order valence-corrected chi connectivity index (χ2v) is 6.35. The molecule has 0 aliphatic carbocycles. The van der Waals surface area contributed by atoms with Gasteiger partial charge in [-0.15, -0.1) is 0 Å². The Kier molecular flexibility index (Phi) is 5.12. The standard InChI is InChI=1S/C19H16Cl2O3/c1-2-3-13-9-19(22)24-18-10-14(5-6-15(13)18)23-11-12-4-7-16(20)17(21)8-12/h4-10H,2-3,11H2,1H3. The Morgan fingerprint density at radius 1 is 1.04 bits per heavy atom. The molecular weight excluding hydrogens is 347 g/mol. The van der Waals surface area contributed by atoms with E-state index in [0.717, 1.165) is 29.4 Å². The number of fused-ring (bicyclic) bond motifs is 1. The normalized spacial score (nSPS) is 11.0. The molecule has 0 N–H and O–H groups in total. The van der Waals surface area contributed by atoms with E-state index in [1.807, 2.05) is 18.2 Å². The molecule has 1 aromatic heterocycles. The molecule has 0 fully saturated rings. The highest BCUT2D eigenvalue weighted by atomic mass is 35.5. The monoisotopic (exact) mass is 362 g/mol. The quantitative estimate of drug-likeness (QED) is 0.552. The van der Waals surface area contributed by atoms with E-state index in [2.05, 4.69) is 6.92 Å². The van der Waals surface area contributed by atoms with Crippen LogP contribution in [0.25, 0.3) is 11.0 Å². The van der Waals surface area contributed by atoms with Gasteiger partial charge < -0.3 is 9.15 Å². The fourth-order valence-electron chi connectivity index (χ4n) is 2.57. The van der Waals surface area contributed by atoms with Crippen molar-refractivity contribution in [3.63, 3.8) is 0 Å². The first-order valence-electron chi connectivity index (χ1n) is 7.70. The summed E-state index contributed by atoms with van der Waals surface area (Å²) in [6, 6.07) is 12.5. The summed E-state index contributed by atoms with van der Waals surface area (Å²) in [6.45, 7) is 2.43. The fourth-order valence-corrected chi connectivity index (χ4v) is 2.89. The van der Waals surface area contributed by atoms with E-state index in [1.54, 1.807) is 24.3 Å². The van der Waals surface area contributed by atoms with Gasteiger partial charge in [-0.2, -0.15) is 0 Å². The summed E-state index contributed by atoms with van der Waals surface area (Å²) in [5.74, 6) is 0.630. The number of halogens is 2. The van der Waals surface area contributed by atoms with Crippen molar-refractivity contribution in [3.8, 4) is 5.75 Å². The van der Waals surface area contributed by atoms with Gasteiger partial charge in [-0.05, 0) is 41.8 Å². The van der Waals surface area contributed by atoms with Gasteiger partial charge in [0.1, 0.15) is 17.9 Å². The van der Waals surface area contributed by atoms with Gasteiger partial charge in [0.05, 0.1) is 10.0 Å². The Morgan fingerprint density at radius 2 is 1.88 bits per heavy atom. The summed E-state index contributed by atoms with van der Waals surface area (Å²) < 4.78 is 11.1. The lowest BCUT2D eigenvalue weighted by molar-refractivity contribution is 0.306. The van der Waals surface area contributed by atoms with Gasteiger partial charge in [0.2, 0.25) is 0 Å². The molecule has 0 unspecified atom stereocenters. The highest BCUT2D eigenvalue weighted by Gasteiger charge is 2.07.